The molecular weight excluding hydrogens is 203 g/mol. The number of hydrogen-bond acceptors (Lipinski definition) is 3. The summed E-state index contributed by atoms with van der Waals surface area (Å²) in [7, 11) is 1.20. The summed E-state index contributed by atoms with van der Waals surface area (Å²) in [5.74, 6) is -2.43. The Balaban J connectivity index is 3.05. The molecule has 1 rings (SSSR count). The highest BCUT2D eigenvalue weighted by Gasteiger charge is 2.11. The minimum Gasteiger partial charge on any atom is -0.481 e. The highest BCUT2D eigenvalue weighted by Crippen LogP contribution is 2.12. The lowest BCUT2D eigenvalue weighted by molar-refractivity contribution is -0.136. The van der Waals surface area contributed by atoms with Gasteiger partial charge in [-0.3, -0.25) is 4.79 Å². The number of carbonyl (C=O) groups excluding carboxylic acids is 1. The summed E-state index contributed by atoms with van der Waals surface area (Å²) in [4.78, 5) is 21.5. The molecule has 0 fully saturated rings. The quantitative estimate of drug-likeness (QED) is 0.765. The van der Waals surface area contributed by atoms with Crippen LogP contribution in [0.2, 0.25) is 0 Å². The molecule has 15 heavy (non-hydrogen) atoms. The van der Waals surface area contributed by atoms with Crippen LogP contribution in [0.1, 0.15) is 15.9 Å². The van der Waals surface area contributed by atoms with E-state index >= 15 is 0 Å². The number of ether oxygens (including phenoxy) is 1. The van der Waals surface area contributed by atoms with Crippen molar-refractivity contribution in [2.45, 2.75) is 6.42 Å². The second-order valence-corrected chi connectivity index (χ2v) is 2.87. The summed E-state index contributed by atoms with van der Waals surface area (Å²) in [5, 5.41) is 8.50. The third-order valence-electron chi connectivity index (χ3n) is 1.81. The number of benzene rings is 1. The maximum Gasteiger partial charge on any atom is 0.337 e. The van der Waals surface area contributed by atoms with E-state index in [-0.39, 0.29) is 11.1 Å². The van der Waals surface area contributed by atoms with E-state index in [1.807, 2.05) is 0 Å². The fraction of sp³-hybridized carbons (Fsp3) is 0.200. The van der Waals surface area contributed by atoms with Gasteiger partial charge in [0, 0.05) is 0 Å². The average Bonchev–Trinajstić information content (AvgIpc) is 2.19. The minimum atomic E-state index is -1.16. The van der Waals surface area contributed by atoms with Gasteiger partial charge in [-0.25, -0.2) is 9.18 Å². The maximum absolute atomic E-state index is 13.1. The van der Waals surface area contributed by atoms with Crippen LogP contribution in [0.15, 0.2) is 18.2 Å². The smallest absolute Gasteiger partial charge is 0.337 e. The van der Waals surface area contributed by atoms with Gasteiger partial charge < -0.3 is 9.84 Å². The van der Waals surface area contributed by atoms with Crippen LogP contribution in [0.3, 0.4) is 0 Å². The summed E-state index contributed by atoms with van der Waals surface area (Å²) >= 11 is 0. The van der Waals surface area contributed by atoms with E-state index in [4.69, 9.17) is 5.11 Å². The second-order valence-electron chi connectivity index (χ2n) is 2.87. The van der Waals surface area contributed by atoms with Gasteiger partial charge in [-0.2, -0.15) is 0 Å². The third-order valence-corrected chi connectivity index (χ3v) is 1.81. The second kappa shape index (κ2) is 4.54. The Morgan fingerprint density at radius 3 is 2.67 bits per heavy atom. The number of rotatable bonds is 3. The van der Waals surface area contributed by atoms with Crippen LogP contribution in [0, 0.1) is 5.82 Å². The van der Waals surface area contributed by atoms with Gasteiger partial charge in [-0.1, -0.05) is 0 Å². The number of carboxylic acid groups (broad SMARTS) is 1. The van der Waals surface area contributed by atoms with Gasteiger partial charge in [0.1, 0.15) is 5.82 Å². The van der Waals surface area contributed by atoms with E-state index in [1.54, 1.807) is 0 Å². The van der Waals surface area contributed by atoms with Gasteiger partial charge in [-0.15, -0.1) is 0 Å². The molecule has 0 aliphatic rings. The van der Waals surface area contributed by atoms with Crippen molar-refractivity contribution >= 4 is 11.9 Å². The molecule has 1 aromatic rings. The molecule has 1 N–H and O–H groups in total. The molecule has 0 amide bonds. The summed E-state index contributed by atoms with van der Waals surface area (Å²) < 4.78 is 17.5. The molecule has 5 heteroatoms. The van der Waals surface area contributed by atoms with Gasteiger partial charge >= 0.3 is 11.9 Å². The average molecular weight is 212 g/mol. The zero-order chi connectivity index (χ0) is 11.4. The SMILES string of the molecule is COC(=O)c1ccc(F)c(CC(=O)O)c1. The van der Waals surface area contributed by atoms with Crippen molar-refractivity contribution in [1.82, 2.24) is 0 Å². The van der Waals surface area contributed by atoms with Crippen LogP contribution in [-0.4, -0.2) is 24.2 Å². The summed E-state index contributed by atoms with van der Waals surface area (Å²) in [6.45, 7) is 0. The zero-order valence-electron chi connectivity index (χ0n) is 7.99. The van der Waals surface area contributed by atoms with Crippen LogP contribution in [0.25, 0.3) is 0 Å². The van der Waals surface area contributed by atoms with Crippen LogP contribution in [-0.2, 0) is 16.0 Å². The standard InChI is InChI=1S/C10H9FO4/c1-15-10(14)6-2-3-8(11)7(4-6)5-9(12)13/h2-4H,5H2,1H3,(H,12,13). The highest BCUT2D eigenvalue weighted by molar-refractivity contribution is 5.89. The Morgan fingerprint density at radius 2 is 2.13 bits per heavy atom. The van der Waals surface area contributed by atoms with Crippen molar-refractivity contribution in [3.05, 3.63) is 35.1 Å². The Kier molecular flexibility index (Phi) is 3.38. The number of hydrogen-bond donors (Lipinski definition) is 1. The molecule has 0 aromatic heterocycles. The number of carbonyl (C=O) groups is 2. The maximum atomic E-state index is 13.1. The molecule has 0 unspecified atom stereocenters. The summed E-state index contributed by atoms with van der Waals surface area (Å²) in [5.41, 5.74) is 0.0977. The van der Waals surface area contributed by atoms with E-state index in [2.05, 4.69) is 4.74 Å². The first kappa shape index (κ1) is 11.2. The van der Waals surface area contributed by atoms with Crippen molar-refractivity contribution in [3.8, 4) is 0 Å². The zero-order valence-corrected chi connectivity index (χ0v) is 7.99. The van der Waals surface area contributed by atoms with Crippen molar-refractivity contribution in [1.29, 1.82) is 0 Å². The monoisotopic (exact) mass is 212 g/mol. The molecule has 0 bridgehead atoms. The van der Waals surface area contributed by atoms with Crippen molar-refractivity contribution < 1.29 is 23.8 Å². The first-order valence-electron chi connectivity index (χ1n) is 4.13. The molecule has 0 aliphatic heterocycles. The van der Waals surface area contributed by atoms with Crippen molar-refractivity contribution in [3.63, 3.8) is 0 Å². The molecule has 0 atom stereocenters. The van der Waals surface area contributed by atoms with Crippen molar-refractivity contribution in [2.24, 2.45) is 0 Å². The molecule has 4 nitrogen and oxygen atoms in total. The summed E-state index contributed by atoms with van der Waals surface area (Å²) in [6.07, 6.45) is -0.462. The molecule has 1 aromatic carbocycles. The first-order valence-corrected chi connectivity index (χ1v) is 4.13. The number of methoxy groups -OCH3 is 1. The number of halogens is 1. The largest absolute Gasteiger partial charge is 0.481 e. The van der Waals surface area contributed by atoms with Gasteiger partial charge in [0.15, 0.2) is 0 Å². The predicted octanol–water partition coefficient (Wildman–Crippen LogP) is 1.24. The Bertz CT molecular complexity index is 400. The molecule has 0 saturated carbocycles. The van der Waals surface area contributed by atoms with Crippen LogP contribution in [0.4, 0.5) is 4.39 Å². The number of aliphatic carboxylic acids is 1. The predicted molar refractivity (Wildman–Crippen MR) is 49.1 cm³/mol. The van der Waals surface area contributed by atoms with Gasteiger partial charge in [0.2, 0.25) is 0 Å². The lowest BCUT2D eigenvalue weighted by Crippen LogP contribution is -2.06. The van der Waals surface area contributed by atoms with E-state index in [1.165, 1.54) is 19.2 Å². The Labute approximate surface area is 85.3 Å². The van der Waals surface area contributed by atoms with Gasteiger partial charge in [0.25, 0.3) is 0 Å². The molecule has 0 radical (unpaired) electrons. The molecule has 0 aliphatic carbocycles. The van der Waals surface area contributed by atoms with E-state index in [0.717, 1.165) is 6.07 Å². The van der Waals surface area contributed by atoms with E-state index < -0.39 is 24.2 Å². The van der Waals surface area contributed by atoms with Gasteiger partial charge in [0.05, 0.1) is 19.1 Å². The minimum absolute atomic E-state index is 0.0367. The third kappa shape index (κ3) is 2.77. The van der Waals surface area contributed by atoms with Crippen molar-refractivity contribution in [2.75, 3.05) is 7.11 Å². The topological polar surface area (TPSA) is 63.6 Å². The fourth-order valence-corrected chi connectivity index (χ4v) is 1.12. The first-order chi connectivity index (χ1) is 7.04. The fourth-order valence-electron chi connectivity index (χ4n) is 1.12. The molecule has 0 saturated heterocycles. The molecule has 0 heterocycles. The van der Waals surface area contributed by atoms with Gasteiger partial charge in [-0.05, 0) is 23.8 Å². The lowest BCUT2D eigenvalue weighted by atomic mass is 10.1. The van der Waals surface area contributed by atoms with E-state index in [9.17, 15) is 14.0 Å². The van der Waals surface area contributed by atoms with E-state index in [0.29, 0.717) is 0 Å². The highest BCUT2D eigenvalue weighted by atomic mass is 19.1. The lowest BCUT2D eigenvalue weighted by Gasteiger charge is -2.03. The molecule has 80 valence electrons. The number of esters is 1. The van der Waals surface area contributed by atoms with Crippen LogP contribution in [0.5, 0.6) is 0 Å². The molecular formula is C10H9FO4. The Morgan fingerprint density at radius 1 is 1.47 bits per heavy atom. The molecule has 0 spiro atoms. The normalized spacial score (nSPS) is 9.73. The Hall–Kier alpha value is -1.91. The van der Waals surface area contributed by atoms with Crippen LogP contribution >= 0.6 is 0 Å². The van der Waals surface area contributed by atoms with Crippen LogP contribution < -0.4 is 0 Å². The number of carboxylic acids is 1. The summed E-state index contributed by atoms with van der Waals surface area (Å²) in [6, 6.07) is 3.46.